The van der Waals surface area contributed by atoms with Crippen LogP contribution in [0.2, 0.25) is 0 Å². The molecule has 0 atom stereocenters. The Labute approximate surface area is 159 Å². The van der Waals surface area contributed by atoms with Crippen molar-refractivity contribution in [3.05, 3.63) is 53.9 Å². The van der Waals surface area contributed by atoms with Crippen molar-refractivity contribution >= 4 is 32.2 Å². The molecule has 4 rings (SSSR count). The molecule has 2 heterocycles. The van der Waals surface area contributed by atoms with Crippen LogP contribution < -0.4 is 14.8 Å². The summed E-state index contributed by atoms with van der Waals surface area (Å²) in [7, 11) is -3.70. The molecule has 1 aliphatic heterocycles. The quantitative estimate of drug-likeness (QED) is 0.705. The van der Waals surface area contributed by atoms with Gasteiger partial charge in [-0.15, -0.1) is 11.3 Å². The summed E-state index contributed by atoms with van der Waals surface area (Å²) in [6.45, 7) is 0.188. The number of aromatic nitrogens is 1. The number of hydrogen-bond acceptors (Lipinski definition) is 7. The first-order valence-electron chi connectivity index (χ1n) is 7.94. The Morgan fingerprint density at radius 1 is 1.11 bits per heavy atom. The highest BCUT2D eigenvalue weighted by atomic mass is 32.2. The van der Waals surface area contributed by atoms with Crippen molar-refractivity contribution in [2.75, 3.05) is 17.9 Å². The number of carbonyl (C=O) groups excluding carboxylic acids is 1. The average Bonchev–Trinajstić information content (AvgIpc) is 3.30. The van der Waals surface area contributed by atoms with Crippen LogP contribution in [0, 0.1) is 0 Å². The van der Waals surface area contributed by atoms with Crippen LogP contribution in [0.15, 0.2) is 58.8 Å². The number of amides is 1. The molecule has 0 saturated heterocycles. The summed E-state index contributed by atoms with van der Waals surface area (Å²) in [5.74, 6) is 0.0368. The lowest BCUT2D eigenvalue weighted by Gasteiger charge is -2.04. The molecule has 1 aliphatic rings. The third-order valence-corrected chi connectivity index (χ3v) is 6.23. The molecule has 0 bridgehead atoms. The highest BCUT2D eigenvalue weighted by molar-refractivity contribution is 7.92. The summed E-state index contributed by atoms with van der Waals surface area (Å²) >= 11 is 1.22. The van der Waals surface area contributed by atoms with E-state index in [0.717, 1.165) is 5.56 Å². The van der Waals surface area contributed by atoms with Gasteiger partial charge in [0.25, 0.3) is 0 Å². The molecule has 1 amide bonds. The molecular formula is C18H14N2O5S2. The van der Waals surface area contributed by atoms with Gasteiger partial charge < -0.3 is 14.8 Å². The van der Waals surface area contributed by atoms with Crippen LogP contribution in [0.1, 0.15) is 0 Å². The van der Waals surface area contributed by atoms with Crippen molar-refractivity contribution in [3.63, 3.8) is 0 Å². The van der Waals surface area contributed by atoms with Gasteiger partial charge in [0.1, 0.15) is 5.75 Å². The molecule has 1 N–H and O–H groups in total. The van der Waals surface area contributed by atoms with Crippen LogP contribution in [-0.4, -0.2) is 31.9 Å². The summed E-state index contributed by atoms with van der Waals surface area (Å²) in [4.78, 5) is 16.6. The number of ether oxygens (including phenoxy) is 2. The van der Waals surface area contributed by atoms with Gasteiger partial charge in [0.2, 0.25) is 12.7 Å². The third kappa shape index (κ3) is 3.79. The summed E-state index contributed by atoms with van der Waals surface area (Å²) in [6.07, 6.45) is 0. The Balaban J connectivity index is 1.46. The molecule has 1 aromatic heterocycles. The van der Waals surface area contributed by atoms with Crippen molar-refractivity contribution in [1.29, 1.82) is 0 Å². The lowest BCUT2D eigenvalue weighted by atomic mass is 10.1. The predicted molar refractivity (Wildman–Crippen MR) is 101 cm³/mol. The van der Waals surface area contributed by atoms with Crippen molar-refractivity contribution in [3.8, 4) is 22.8 Å². The number of hydrogen-bond donors (Lipinski definition) is 1. The van der Waals surface area contributed by atoms with Gasteiger partial charge in [-0.3, -0.25) is 4.79 Å². The summed E-state index contributed by atoms with van der Waals surface area (Å²) in [6, 6.07) is 13.3. The summed E-state index contributed by atoms with van der Waals surface area (Å²) < 4.78 is 35.2. The van der Waals surface area contributed by atoms with Gasteiger partial charge in [0.15, 0.2) is 26.5 Å². The zero-order chi connectivity index (χ0) is 18.9. The zero-order valence-electron chi connectivity index (χ0n) is 13.9. The number of fused-ring (bicyclic) bond motifs is 1. The normalized spacial score (nSPS) is 12.7. The largest absolute Gasteiger partial charge is 0.454 e. The van der Waals surface area contributed by atoms with Crippen LogP contribution in [0.25, 0.3) is 11.3 Å². The maximum Gasteiger partial charge on any atom is 0.241 e. The lowest BCUT2D eigenvalue weighted by molar-refractivity contribution is -0.113. The van der Waals surface area contributed by atoms with E-state index in [1.165, 1.54) is 23.5 Å². The summed E-state index contributed by atoms with van der Waals surface area (Å²) in [5.41, 5.74) is 1.47. The highest BCUT2D eigenvalue weighted by Gasteiger charge is 2.20. The first-order valence-corrected chi connectivity index (χ1v) is 10.5. The number of carbonyl (C=O) groups is 1. The lowest BCUT2D eigenvalue weighted by Crippen LogP contribution is -2.22. The van der Waals surface area contributed by atoms with E-state index in [4.69, 9.17) is 9.47 Å². The molecule has 0 saturated carbocycles. The number of thiazole rings is 1. The van der Waals surface area contributed by atoms with E-state index >= 15 is 0 Å². The zero-order valence-corrected chi connectivity index (χ0v) is 15.5. The molecule has 0 radical (unpaired) electrons. The topological polar surface area (TPSA) is 94.6 Å². The van der Waals surface area contributed by atoms with E-state index in [1.807, 2.05) is 12.1 Å². The molecule has 0 aliphatic carbocycles. The first-order chi connectivity index (χ1) is 13.0. The number of nitrogens with zero attached hydrogens (tertiary/aromatic N) is 1. The third-order valence-electron chi connectivity index (χ3n) is 3.84. The molecule has 138 valence electrons. The van der Waals surface area contributed by atoms with Crippen LogP contribution in [0.3, 0.4) is 0 Å². The monoisotopic (exact) mass is 402 g/mol. The number of rotatable bonds is 5. The van der Waals surface area contributed by atoms with Gasteiger partial charge in [0.05, 0.1) is 10.6 Å². The number of anilines is 1. The second kappa shape index (κ2) is 7.01. The minimum Gasteiger partial charge on any atom is -0.454 e. The molecule has 2 aromatic carbocycles. The Kier molecular flexibility index (Phi) is 4.54. The van der Waals surface area contributed by atoms with Gasteiger partial charge >= 0.3 is 0 Å². The van der Waals surface area contributed by atoms with E-state index in [9.17, 15) is 13.2 Å². The minimum absolute atomic E-state index is 0.111. The molecule has 3 aromatic rings. The summed E-state index contributed by atoms with van der Waals surface area (Å²) in [5, 5.41) is 4.65. The van der Waals surface area contributed by atoms with Crippen LogP contribution >= 0.6 is 11.3 Å². The molecular weight excluding hydrogens is 388 g/mol. The molecule has 27 heavy (non-hydrogen) atoms. The van der Waals surface area contributed by atoms with Crippen molar-refractivity contribution in [2.45, 2.75) is 4.90 Å². The average molecular weight is 402 g/mol. The van der Waals surface area contributed by atoms with E-state index in [0.29, 0.717) is 22.3 Å². The van der Waals surface area contributed by atoms with Gasteiger partial charge in [0, 0.05) is 10.9 Å². The van der Waals surface area contributed by atoms with Gasteiger partial charge in [-0.25, -0.2) is 13.4 Å². The highest BCUT2D eigenvalue weighted by Crippen LogP contribution is 2.36. The van der Waals surface area contributed by atoms with E-state index < -0.39 is 21.5 Å². The Bertz CT molecular complexity index is 1090. The second-order valence-electron chi connectivity index (χ2n) is 5.73. The number of benzene rings is 2. The maximum absolute atomic E-state index is 12.3. The van der Waals surface area contributed by atoms with Crippen LogP contribution in [0.5, 0.6) is 11.5 Å². The van der Waals surface area contributed by atoms with Crippen molar-refractivity contribution < 1.29 is 22.7 Å². The van der Waals surface area contributed by atoms with E-state index in [1.54, 1.807) is 29.6 Å². The second-order valence-corrected chi connectivity index (χ2v) is 8.57. The Morgan fingerprint density at radius 2 is 1.89 bits per heavy atom. The fourth-order valence-corrected chi connectivity index (χ4v) is 4.45. The Morgan fingerprint density at radius 3 is 2.70 bits per heavy atom. The van der Waals surface area contributed by atoms with Crippen molar-refractivity contribution in [1.82, 2.24) is 4.98 Å². The van der Waals surface area contributed by atoms with Gasteiger partial charge in [-0.1, -0.05) is 18.2 Å². The van der Waals surface area contributed by atoms with E-state index in [-0.39, 0.29) is 11.7 Å². The maximum atomic E-state index is 12.3. The first kappa shape index (κ1) is 17.5. The molecule has 0 spiro atoms. The fraction of sp³-hybridized carbons (Fsp3) is 0.111. The smallest absolute Gasteiger partial charge is 0.241 e. The van der Waals surface area contributed by atoms with E-state index in [2.05, 4.69) is 10.3 Å². The molecule has 9 heteroatoms. The predicted octanol–water partition coefficient (Wildman–Crippen LogP) is 2.95. The van der Waals surface area contributed by atoms with Gasteiger partial charge in [-0.2, -0.15) is 0 Å². The fourth-order valence-electron chi connectivity index (χ4n) is 2.56. The van der Waals surface area contributed by atoms with Gasteiger partial charge in [-0.05, 0) is 30.3 Å². The minimum atomic E-state index is -3.70. The number of sulfone groups is 1. The SMILES string of the molecule is O=C(CS(=O)(=O)c1ccccc1)Nc1nc(-c2ccc3c(c2)OCO3)cs1. The number of nitrogens with one attached hydrogen (secondary N) is 1. The Hall–Kier alpha value is -2.91. The molecule has 0 fully saturated rings. The standard InChI is InChI=1S/C18H14N2O5S2/c21-17(10-27(22,23)13-4-2-1-3-5-13)20-18-19-14(9-26-18)12-6-7-15-16(8-12)25-11-24-15/h1-9H,10-11H2,(H,19,20,21). The molecule has 7 nitrogen and oxygen atoms in total. The molecule has 0 unspecified atom stereocenters. The van der Waals surface area contributed by atoms with Crippen LogP contribution in [-0.2, 0) is 14.6 Å². The van der Waals surface area contributed by atoms with Crippen molar-refractivity contribution in [2.24, 2.45) is 0 Å². The van der Waals surface area contributed by atoms with Crippen LogP contribution in [0.4, 0.5) is 5.13 Å².